The molecule has 0 saturated heterocycles. The van der Waals surface area contributed by atoms with E-state index in [0.29, 0.717) is 0 Å². The van der Waals surface area contributed by atoms with Crippen molar-refractivity contribution in [3.05, 3.63) is 83.9 Å². The summed E-state index contributed by atoms with van der Waals surface area (Å²) < 4.78 is 0. The van der Waals surface area contributed by atoms with Crippen LogP contribution in [0.5, 0.6) is 0 Å². The Morgan fingerprint density at radius 3 is 1.67 bits per heavy atom. The monoisotopic (exact) mass is 272 g/mol. The van der Waals surface area contributed by atoms with E-state index in [1.54, 1.807) is 0 Å². The molecule has 0 spiro atoms. The normalized spacial score (nSPS) is 11.1. The van der Waals surface area contributed by atoms with E-state index < -0.39 is 0 Å². The summed E-state index contributed by atoms with van der Waals surface area (Å²) in [5.41, 5.74) is 8.19. The quantitative estimate of drug-likeness (QED) is 0.423. The average Bonchev–Trinajstić information content (AvgIpc) is 3.36. The van der Waals surface area contributed by atoms with E-state index in [-0.39, 0.29) is 0 Å². The highest BCUT2D eigenvalue weighted by Crippen LogP contribution is 2.33. The maximum absolute atomic E-state index is 2.31. The first-order valence-corrected chi connectivity index (χ1v) is 7.68. The zero-order valence-electron chi connectivity index (χ0n) is 12.6. The summed E-state index contributed by atoms with van der Waals surface area (Å²) in [6.45, 7) is 4.00. The molecule has 1 aliphatic carbocycles. The van der Waals surface area contributed by atoms with Crippen molar-refractivity contribution in [1.29, 1.82) is 0 Å². The van der Waals surface area contributed by atoms with Gasteiger partial charge in [0.05, 0.1) is 0 Å². The number of fused-ring (bicyclic) bond motifs is 1. The average molecular weight is 272 g/mol. The van der Waals surface area contributed by atoms with E-state index in [9.17, 15) is 0 Å². The molecule has 0 N–H and O–H groups in total. The molecule has 21 heavy (non-hydrogen) atoms. The second-order valence-corrected chi connectivity index (χ2v) is 5.10. The van der Waals surface area contributed by atoms with Gasteiger partial charge >= 0.3 is 0 Å². The molecule has 1 aliphatic rings. The van der Waals surface area contributed by atoms with E-state index in [4.69, 9.17) is 0 Å². The van der Waals surface area contributed by atoms with E-state index in [0.717, 1.165) is 0 Å². The summed E-state index contributed by atoms with van der Waals surface area (Å²) in [6, 6.07) is 26.1. The molecule has 0 atom stereocenters. The molecule has 4 rings (SSSR count). The van der Waals surface area contributed by atoms with Gasteiger partial charge in [0.1, 0.15) is 0 Å². The first-order valence-electron chi connectivity index (χ1n) is 7.68. The van der Waals surface area contributed by atoms with Crippen LogP contribution in [-0.2, 0) is 6.42 Å². The Hall–Kier alpha value is -2.34. The van der Waals surface area contributed by atoms with E-state index in [2.05, 4.69) is 72.8 Å². The van der Waals surface area contributed by atoms with Gasteiger partial charge in [0, 0.05) is 0 Å². The third-order valence-electron chi connectivity index (χ3n) is 3.79. The number of benzene rings is 3. The Balaban J connectivity index is 0.000000636. The summed E-state index contributed by atoms with van der Waals surface area (Å²) in [4.78, 5) is 0. The third kappa shape index (κ3) is 2.90. The van der Waals surface area contributed by atoms with Crippen LogP contribution in [0.3, 0.4) is 0 Å². The van der Waals surface area contributed by atoms with Gasteiger partial charge in [0.25, 0.3) is 0 Å². The van der Waals surface area contributed by atoms with Crippen molar-refractivity contribution in [3.8, 4) is 22.3 Å². The standard InChI is InChI=1S/C19H14.C2H6/c1-2-4-14(5-3-1)15-6-8-16(9-7-15)17-10-11-18-13-19(18)12-17;1-2/h1-12H,13H2;1-2H3. The molecular weight excluding hydrogens is 252 g/mol. The third-order valence-corrected chi connectivity index (χ3v) is 3.79. The smallest absolute Gasteiger partial charge is 0.00198 e. The van der Waals surface area contributed by atoms with Crippen LogP contribution in [0.4, 0.5) is 0 Å². The minimum Gasteiger partial charge on any atom is -0.0683 e. The fraction of sp³-hybridized carbons (Fsp3) is 0.143. The molecule has 3 aromatic rings. The molecule has 0 fully saturated rings. The molecule has 0 bridgehead atoms. The lowest BCUT2D eigenvalue weighted by molar-refractivity contribution is 1.50. The van der Waals surface area contributed by atoms with Crippen LogP contribution in [-0.4, -0.2) is 0 Å². The summed E-state index contributed by atoms with van der Waals surface area (Å²) in [7, 11) is 0. The largest absolute Gasteiger partial charge is 0.0683 e. The predicted octanol–water partition coefficient (Wildman–Crippen LogP) is 5.95. The van der Waals surface area contributed by atoms with Gasteiger partial charge in [-0.3, -0.25) is 0 Å². The summed E-state index contributed by atoms with van der Waals surface area (Å²) in [6.07, 6.45) is 1.18. The lowest BCUT2D eigenvalue weighted by atomic mass is 10.0. The number of hydrogen-bond donors (Lipinski definition) is 0. The maximum Gasteiger partial charge on any atom is -0.00198 e. The van der Waals surface area contributed by atoms with Gasteiger partial charge in [-0.25, -0.2) is 0 Å². The van der Waals surface area contributed by atoms with Crippen LogP contribution in [0.2, 0.25) is 0 Å². The van der Waals surface area contributed by atoms with Gasteiger partial charge in [-0.2, -0.15) is 0 Å². The van der Waals surface area contributed by atoms with Gasteiger partial charge in [0.15, 0.2) is 0 Å². The van der Waals surface area contributed by atoms with E-state index in [1.807, 2.05) is 13.8 Å². The van der Waals surface area contributed by atoms with Gasteiger partial charge in [0.2, 0.25) is 0 Å². The topological polar surface area (TPSA) is 0 Å². The lowest BCUT2D eigenvalue weighted by Crippen LogP contribution is -1.79. The highest BCUT2D eigenvalue weighted by molar-refractivity contribution is 5.72. The van der Waals surface area contributed by atoms with Crippen molar-refractivity contribution in [3.63, 3.8) is 0 Å². The summed E-state index contributed by atoms with van der Waals surface area (Å²) in [5.74, 6) is 0. The molecule has 0 radical (unpaired) electrons. The fourth-order valence-electron chi connectivity index (χ4n) is 2.56. The highest BCUT2D eigenvalue weighted by Gasteiger charge is 2.16. The molecule has 0 heteroatoms. The Kier molecular flexibility index (Phi) is 3.87. The van der Waals surface area contributed by atoms with Crippen molar-refractivity contribution < 1.29 is 0 Å². The Morgan fingerprint density at radius 2 is 1.05 bits per heavy atom. The Morgan fingerprint density at radius 1 is 0.524 bits per heavy atom. The molecular formula is C21H20. The zero-order valence-corrected chi connectivity index (χ0v) is 12.6. The second kappa shape index (κ2) is 5.97. The Labute approximate surface area is 127 Å². The minimum atomic E-state index is 1.18. The molecule has 0 saturated carbocycles. The maximum atomic E-state index is 2.31. The van der Waals surface area contributed by atoms with Crippen LogP contribution in [0.1, 0.15) is 25.0 Å². The Bertz CT molecular complexity index is 722. The molecule has 0 amide bonds. The number of rotatable bonds is 2. The first-order chi connectivity index (χ1) is 10.4. The second-order valence-electron chi connectivity index (χ2n) is 5.10. The molecule has 0 aliphatic heterocycles. The van der Waals surface area contributed by atoms with Gasteiger partial charge < -0.3 is 0 Å². The summed E-state index contributed by atoms with van der Waals surface area (Å²) >= 11 is 0. The van der Waals surface area contributed by atoms with Crippen molar-refractivity contribution in [2.45, 2.75) is 20.3 Å². The van der Waals surface area contributed by atoms with Crippen molar-refractivity contribution in [2.75, 3.05) is 0 Å². The van der Waals surface area contributed by atoms with E-state index in [1.165, 1.54) is 39.8 Å². The zero-order chi connectivity index (χ0) is 14.7. The van der Waals surface area contributed by atoms with Crippen LogP contribution in [0.25, 0.3) is 22.3 Å². The molecule has 0 unspecified atom stereocenters. The van der Waals surface area contributed by atoms with Gasteiger partial charge in [-0.15, -0.1) is 0 Å². The molecule has 0 heterocycles. The highest BCUT2D eigenvalue weighted by atomic mass is 14.2. The van der Waals surface area contributed by atoms with E-state index >= 15 is 0 Å². The van der Waals surface area contributed by atoms with Crippen LogP contribution < -0.4 is 0 Å². The molecule has 104 valence electrons. The minimum absolute atomic E-state index is 1.18. The summed E-state index contributed by atoms with van der Waals surface area (Å²) in [5, 5.41) is 0. The van der Waals surface area contributed by atoms with Crippen molar-refractivity contribution in [2.24, 2.45) is 0 Å². The van der Waals surface area contributed by atoms with Gasteiger partial charge in [-0.1, -0.05) is 86.6 Å². The number of hydrogen-bond acceptors (Lipinski definition) is 0. The first kappa shape index (κ1) is 13.6. The SMILES string of the molecule is CC.c1ccc(-c2ccc(-c3ccc4c(c3)C4)cc2)cc1. The fourth-order valence-corrected chi connectivity index (χ4v) is 2.56. The predicted molar refractivity (Wildman–Crippen MR) is 91.5 cm³/mol. The molecule has 3 aromatic carbocycles. The molecule has 0 nitrogen and oxygen atoms in total. The molecule has 0 aromatic heterocycles. The van der Waals surface area contributed by atoms with Crippen LogP contribution in [0.15, 0.2) is 72.8 Å². The van der Waals surface area contributed by atoms with Crippen molar-refractivity contribution >= 4 is 0 Å². The van der Waals surface area contributed by atoms with Crippen LogP contribution in [0, 0.1) is 0 Å². The van der Waals surface area contributed by atoms with Crippen LogP contribution >= 0.6 is 0 Å². The lowest BCUT2D eigenvalue weighted by Gasteiger charge is -2.04. The van der Waals surface area contributed by atoms with Crippen molar-refractivity contribution in [1.82, 2.24) is 0 Å². The van der Waals surface area contributed by atoms with Gasteiger partial charge in [-0.05, 0) is 39.8 Å².